The van der Waals surface area contributed by atoms with Crippen LogP contribution in [-0.2, 0) is 0 Å². The maximum absolute atomic E-state index is 12.7. The van der Waals surface area contributed by atoms with Crippen molar-refractivity contribution in [2.45, 2.75) is 26.7 Å². The number of nitrogens with two attached hydrogens (primary N) is 1. The standard InChI is InChI=1S/C22H23N5O2/c1-11-7-8-24-20-16(11)21(28)27-19-13(3)26-22(29-4)17(18(19)20)14-5-6-15(25-10-14)12(2)9-23/h5-8,10,12H,9,23H2,1-4H3,(H,27,28). The number of aromatic nitrogens is 4. The molecule has 4 heterocycles. The quantitative estimate of drug-likeness (QED) is 0.519. The first-order chi connectivity index (χ1) is 14.0. The van der Waals surface area contributed by atoms with Crippen molar-refractivity contribution in [3.8, 4) is 17.0 Å². The van der Waals surface area contributed by atoms with Crippen molar-refractivity contribution in [3.63, 3.8) is 0 Å². The summed E-state index contributed by atoms with van der Waals surface area (Å²) >= 11 is 0. The Morgan fingerprint density at radius 2 is 1.97 bits per heavy atom. The molecule has 0 saturated heterocycles. The van der Waals surface area contributed by atoms with E-state index in [4.69, 9.17) is 10.5 Å². The van der Waals surface area contributed by atoms with Gasteiger partial charge >= 0.3 is 0 Å². The summed E-state index contributed by atoms with van der Waals surface area (Å²) in [6.07, 6.45) is 3.51. The highest BCUT2D eigenvalue weighted by Crippen LogP contribution is 2.38. The average molecular weight is 389 g/mol. The molecule has 0 fully saturated rings. The third kappa shape index (κ3) is 3.03. The summed E-state index contributed by atoms with van der Waals surface area (Å²) in [6.45, 7) is 6.31. The number of pyridine rings is 4. The minimum Gasteiger partial charge on any atom is -0.481 e. The van der Waals surface area contributed by atoms with Crippen LogP contribution in [0.15, 0.2) is 35.4 Å². The van der Waals surface area contributed by atoms with Crippen LogP contribution in [0.5, 0.6) is 5.88 Å². The van der Waals surface area contributed by atoms with E-state index in [-0.39, 0.29) is 11.5 Å². The largest absolute Gasteiger partial charge is 0.481 e. The van der Waals surface area contributed by atoms with E-state index >= 15 is 0 Å². The van der Waals surface area contributed by atoms with Gasteiger partial charge in [-0.2, -0.15) is 0 Å². The molecule has 0 aliphatic carbocycles. The number of nitrogens with zero attached hydrogens (tertiary/aromatic N) is 3. The molecular weight excluding hydrogens is 366 g/mol. The van der Waals surface area contributed by atoms with Crippen LogP contribution in [0, 0.1) is 13.8 Å². The van der Waals surface area contributed by atoms with Crippen LogP contribution in [0.3, 0.4) is 0 Å². The molecule has 4 rings (SSSR count). The fourth-order valence-corrected chi connectivity index (χ4v) is 3.66. The zero-order chi connectivity index (χ0) is 20.7. The van der Waals surface area contributed by atoms with Crippen molar-refractivity contribution in [1.82, 2.24) is 19.9 Å². The number of hydrogen-bond acceptors (Lipinski definition) is 6. The molecule has 4 aromatic rings. The lowest BCUT2D eigenvalue weighted by Crippen LogP contribution is -2.11. The van der Waals surface area contributed by atoms with Gasteiger partial charge in [-0.15, -0.1) is 0 Å². The van der Waals surface area contributed by atoms with Gasteiger partial charge < -0.3 is 15.5 Å². The number of aromatic amines is 1. The zero-order valence-electron chi connectivity index (χ0n) is 16.9. The fourth-order valence-electron chi connectivity index (χ4n) is 3.66. The predicted molar refractivity (Wildman–Crippen MR) is 114 cm³/mol. The van der Waals surface area contributed by atoms with Gasteiger partial charge in [-0.3, -0.25) is 14.8 Å². The summed E-state index contributed by atoms with van der Waals surface area (Å²) in [4.78, 5) is 29.4. The maximum atomic E-state index is 12.7. The first kappa shape index (κ1) is 19.0. The van der Waals surface area contributed by atoms with Gasteiger partial charge in [0.15, 0.2) is 0 Å². The Morgan fingerprint density at radius 3 is 2.62 bits per heavy atom. The molecule has 148 valence electrons. The summed E-state index contributed by atoms with van der Waals surface area (Å²) in [6, 6.07) is 5.78. The van der Waals surface area contributed by atoms with Crippen molar-refractivity contribution >= 4 is 21.8 Å². The van der Waals surface area contributed by atoms with E-state index < -0.39 is 0 Å². The van der Waals surface area contributed by atoms with Crippen molar-refractivity contribution < 1.29 is 4.74 Å². The highest BCUT2D eigenvalue weighted by Gasteiger charge is 2.21. The summed E-state index contributed by atoms with van der Waals surface area (Å²) in [5, 5.41) is 1.37. The molecule has 0 saturated carbocycles. The number of methoxy groups -OCH3 is 1. The Kier molecular flexibility index (Phi) is 4.76. The molecule has 0 bridgehead atoms. The Bertz CT molecular complexity index is 1280. The van der Waals surface area contributed by atoms with Crippen molar-refractivity contribution in [3.05, 3.63) is 57.9 Å². The Morgan fingerprint density at radius 1 is 1.17 bits per heavy atom. The first-order valence-electron chi connectivity index (χ1n) is 9.48. The molecule has 0 amide bonds. The highest BCUT2D eigenvalue weighted by molar-refractivity contribution is 6.12. The summed E-state index contributed by atoms with van der Waals surface area (Å²) in [5.41, 5.74) is 10.9. The Labute approximate surface area is 168 Å². The van der Waals surface area contributed by atoms with E-state index in [1.807, 2.05) is 39.0 Å². The molecule has 3 N–H and O–H groups in total. The molecular formula is C22H23N5O2. The number of nitrogens with one attached hydrogen (secondary N) is 1. The van der Waals surface area contributed by atoms with Gasteiger partial charge in [-0.25, -0.2) is 4.98 Å². The number of rotatable bonds is 4. The molecule has 0 spiro atoms. The van der Waals surface area contributed by atoms with E-state index in [0.717, 1.165) is 27.8 Å². The van der Waals surface area contributed by atoms with E-state index in [1.165, 1.54) is 0 Å². The lowest BCUT2D eigenvalue weighted by molar-refractivity contribution is 0.399. The number of fused-ring (bicyclic) bond motifs is 3. The average Bonchev–Trinajstić information content (AvgIpc) is 2.73. The Hall–Kier alpha value is -3.32. The van der Waals surface area contributed by atoms with Crippen molar-refractivity contribution in [2.24, 2.45) is 5.73 Å². The predicted octanol–water partition coefficient (Wildman–Crippen LogP) is 3.22. The van der Waals surface area contributed by atoms with E-state index in [0.29, 0.717) is 34.5 Å². The van der Waals surface area contributed by atoms with Crippen LogP contribution in [-0.4, -0.2) is 33.6 Å². The third-order valence-corrected chi connectivity index (χ3v) is 5.33. The molecule has 7 nitrogen and oxygen atoms in total. The summed E-state index contributed by atoms with van der Waals surface area (Å²) in [5.74, 6) is 0.633. The van der Waals surface area contributed by atoms with Gasteiger partial charge in [0.05, 0.1) is 34.8 Å². The topological polar surface area (TPSA) is 107 Å². The molecule has 4 aromatic heterocycles. The highest BCUT2D eigenvalue weighted by atomic mass is 16.5. The molecule has 1 unspecified atom stereocenters. The SMILES string of the molecule is COc1nc(C)c2[nH]c(=O)c3c(C)ccnc3c2c1-c1ccc(C(C)CN)nc1. The minimum atomic E-state index is -0.177. The molecule has 29 heavy (non-hydrogen) atoms. The molecule has 1 atom stereocenters. The zero-order valence-corrected chi connectivity index (χ0v) is 16.9. The van der Waals surface area contributed by atoms with E-state index in [1.54, 1.807) is 19.5 Å². The second kappa shape index (κ2) is 7.25. The van der Waals surface area contributed by atoms with E-state index in [2.05, 4.69) is 19.9 Å². The number of ether oxygens (including phenoxy) is 1. The Balaban J connectivity index is 2.14. The van der Waals surface area contributed by atoms with Crippen molar-refractivity contribution in [2.75, 3.05) is 13.7 Å². The lowest BCUT2D eigenvalue weighted by Gasteiger charge is -2.16. The monoisotopic (exact) mass is 389 g/mol. The van der Waals surface area contributed by atoms with Crippen LogP contribution in [0.2, 0.25) is 0 Å². The molecule has 7 heteroatoms. The number of hydrogen-bond donors (Lipinski definition) is 2. The first-order valence-corrected chi connectivity index (χ1v) is 9.48. The smallest absolute Gasteiger partial charge is 0.258 e. The van der Waals surface area contributed by atoms with Gasteiger partial charge in [0.1, 0.15) is 0 Å². The number of aryl methyl sites for hydroxylation is 2. The molecule has 0 aromatic carbocycles. The maximum Gasteiger partial charge on any atom is 0.258 e. The van der Waals surface area contributed by atoms with Gasteiger partial charge in [-0.05, 0) is 31.5 Å². The third-order valence-electron chi connectivity index (χ3n) is 5.33. The summed E-state index contributed by atoms with van der Waals surface area (Å²) in [7, 11) is 1.59. The molecule has 0 aliphatic rings. The lowest BCUT2D eigenvalue weighted by atomic mass is 9.98. The fraction of sp³-hybridized carbons (Fsp3) is 0.273. The second-order valence-electron chi connectivity index (χ2n) is 7.25. The van der Waals surface area contributed by atoms with Crippen molar-refractivity contribution in [1.29, 1.82) is 0 Å². The van der Waals surface area contributed by atoms with Gasteiger partial charge in [0.25, 0.3) is 5.56 Å². The second-order valence-corrected chi connectivity index (χ2v) is 7.25. The normalized spacial score (nSPS) is 12.4. The van der Waals surface area contributed by atoms with Crippen LogP contribution in [0.25, 0.3) is 32.9 Å². The van der Waals surface area contributed by atoms with Crippen LogP contribution < -0.4 is 16.0 Å². The van der Waals surface area contributed by atoms with Crippen LogP contribution in [0.4, 0.5) is 0 Å². The van der Waals surface area contributed by atoms with Crippen LogP contribution in [0.1, 0.15) is 29.8 Å². The van der Waals surface area contributed by atoms with Gasteiger partial charge in [0.2, 0.25) is 5.88 Å². The van der Waals surface area contributed by atoms with Gasteiger partial charge in [0, 0.05) is 41.5 Å². The summed E-state index contributed by atoms with van der Waals surface area (Å²) < 4.78 is 5.62. The number of H-pyrrole nitrogens is 1. The molecule has 0 aliphatic heterocycles. The minimum absolute atomic E-state index is 0.167. The van der Waals surface area contributed by atoms with Crippen LogP contribution >= 0.6 is 0 Å². The van der Waals surface area contributed by atoms with E-state index in [9.17, 15) is 4.79 Å². The molecule has 0 radical (unpaired) electrons. The van der Waals surface area contributed by atoms with Gasteiger partial charge in [-0.1, -0.05) is 13.0 Å².